The second-order valence-corrected chi connectivity index (χ2v) is 5.06. The van der Waals surface area contributed by atoms with Crippen molar-refractivity contribution in [3.8, 4) is 6.07 Å². The Morgan fingerprint density at radius 1 is 1.20 bits per heavy atom. The highest BCUT2D eigenvalue weighted by Crippen LogP contribution is 2.24. The van der Waals surface area contributed by atoms with Gasteiger partial charge in [0.25, 0.3) is 0 Å². The summed E-state index contributed by atoms with van der Waals surface area (Å²) in [5.74, 6) is 0. The highest BCUT2D eigenvalue weighted by molar-refractivity contribution is 6.31. The summed E-state index contributed by atoms with van der Waals surface area (Å²) >= 11 is 11.9. The third kappa shape index (κ3) is 3.43. The van der Waals surface area contributed by atoms with E-state index in [1.807, 2.05) is 6.07 Å². The van der Waals surface area contributed by atoms with E-state index in [0.29, 0.717) is 26.9 Å². The number of nitrogens with one attached hydrogen (secondary N) is 1. The zero-order chi connectivity index (χ0) is 14.5. The van der Waals surface area contributed by atoms with E-state index in [2.05, 4.69) is 11.4 Å². The monoisotopic (exact) mass is 306 g/mol. The van der Waals surface area contributed by atoms with Gasteiger partial charge < -0.3 is 10.4 Å². The first kappa shape index (κ1) is 14.7. The van der Waals surface area contributed by atoms with Crippen LogP contribution in [0.4, 0.5) is 5.69 Å². The van der Waals surface area contributed by atoms with E-state index in [1.165, 1.54) is 0 Å². The van der Waals surface area contributed by atoms with Crippen molar-refractivity contribution in [2.75, 3.05) is 11.9 Å². The van der Waals surface area contributed by atoms with Gasteiger partial charge in [0, 0.05) is 22.2 Å². The molecule has 1 unspecified atom stereocenters. The second kappa shape index (κ2) is 6.62. The van der Waals surface area contributed by atoms with Gasteiger partial charge >= 0.3 is 0 Å². The second-order valence-electron chi connectivity index (χ2n) is 4.22. The van der Waals surface area contributed by atoms with Crippen LogP contribution in [0.15, 0.2) is 42.5 Å². The fourth-order valence-electron chi connectivity index (χ4n) is 1.83. The van der Waals surface area contributed by atoms with Gasteiger partial charge in [0.05, 0.1) is 17.4 Å². The standard InChI is InChI=1S/C15H12Cl2N2O/c16-11-5-6-14(10(7-11)8-18)19-9-15(20)12-3-1-2-4-13(12)17/h1-7,15,19-20H,9H2. The van der Waals surface area contributed by atoms with Crippen LogP contribution in [0.3, 0.4) is 0 Å². The smallest absolute Gasteiger partial charge is 0.101 e. The van der Waals surface area contributed by atoms with Gasteiger partial charge in [-0.1, -0.05) is 41.4 Å². The first-order valence-electron chi connectivity index (χ1n) is 5.98. The zero-order valence-electron chi connectivity index (χ0n) is 10.5. The third-order valence-corrected chi connectivity index (χ3v) is 3.43. The van der Waals surface area contributed by atoms with Crippen LogP contribution in [0, 0.1) is 11.3 Å². The van der Waals surface area contributed by atoms with E-state index in [9.17, 15) is 5.11 Å². The Bertz CT molecular complexity index is 653. The average Bonchev–Trinajstić information content (AvgIpc) is 2.46. The Balaban J connectivity index is 2.10. The molecule has 0 spiro atoms. The molecular formula is C15H12Cl2N2O. The Morgan fingerprint density at radius 3 is 2.65 bits per heavy atom. The number of benzene rings is 2. The van der Waals surface area contributed by atoms with E-state index in [-0.39, 0.29) is 6.54 Å². The van der Waals surface area contributed by atoms with Crippen LogP contribution in [-0.4, -0.2) is 11.7 Å². The van der Waals surface area contributed by atoms with Crippen LogP contribution in [0.5, 0.6) is 0 Å². The summed E-state index contributed by atoms with van der Waals surface area (Å²) in [5.41, 5.74) is 1.71. The quantitative estimate of drug-likeness (QED) is 0.897. The van der Waals surface area contributed by atoms with Crippen LogP contribution in [0.25, 0.3) is 0 Å². The predicted molar refractivity (Wildman–Crippen MR) is 81.1 cm³/mol. The fraction of sp³-hybridized carbons (Fsp3) is 0.133. The van der Waals surface area contributed by atoms with E-state index < -0.39 is 6.10 Å². The highest BCUT2D eigenvalue weighted by atomic mass is 35.5. The number of hydrogen-bond acceptors (Lipinski definition) is 3. The summed E-state index contributed by atoms with van der Waals surface area (Å²) in [6.07, 6.45) is -0.758. The first-order chi connectivity index (χ1) is 9.61. The predicted octanol–water partition coefficient (Wildman–Crippen LogP) is 4.01. The van der Waals surface area contributed by atoms with Crippen molar-refractivity contribution in [1.82, 2.24) is 0 Å². The third-order valence-electron chi connectivity index (χ3n) is 2.85. The molecule has 20 heavy (non-hydrogen) atoms. The maximum Gasteiger partial charge on any atom is 0.101 e. The molecule has 0 saturated carbocycles. The van der Waals surface area contributed by atoms with E-state index in [1.54, 1.807) is 36.4 Å². The van der Waals surface area contributed by atoms with Crippen molar-refractivity contribution in [2.24, 2.45) is 0 Å². The molecular weight excluding hydrogens is 295 g/mol. The molecule has 1 atom stereocenters. The van der Waals surface area contributed by atoms with Crippen LogP contribution in [-0.2, 0) is 0 Å². The summed E-state index contributed by atoms with van der Waals surface area (Å²) in [6.45, 7) is 0.250. The van der Waals surface area contributed by atoms with Gasteiger partial charge in [-0.05, 0) is 24.3 Å². The molecule has 0 heterocycles. The Labute approximate surface area is 127 Å². The number of nitriles is 1. The molecule has 0 radical (unpaired) electrons. The minimum absolute atomic E-state index is 0.250. The number of anilines is 1. The van der Waals surface area contributed by atoms with Gasteiger partial charge in [-0.15, -0.1) is 0 Å². The van der Waals surface area contributed by atoms with Gasteiger partial charge in [0.2, 0.25) is 0 Å². The lowest BCUT2D eigenvalue weighted by Gasteiger charge is -2.15. The van der Waals surface area contributed by atoms with Crippen molar-refractivity contribution in [1.29, 1.82) is 5.26 Å². The Morgan fingerprint density at radius 2 is 1.95 bits per heavy atom. The molecule has 2 aromatic carbocycles. The number of halogens is 2. The van der Waals surface area contributed by atoms with Crippen LogP contribution >= 0.6 is 23.2 Å². The van der Waals surface area contributed by atoms with Gasteiger partial charge in [0.15, 0.2) is 0 Å². The molecule has 3 nitrogen and oxygen atoms in total. The van der Waals surface area contributed by atoms with Crippen LogP contribution < -0.4 is 5.32 Å². The minimum atomic E-state index is -0.758. The molecule has 0 fully saturated rings. The molecule has 2 N–H and O–H groups in total. The van der Waals surface area contributed by atoms with Gasteiger partial charge in [0.1, 0.15) is 6.07 Å². The summed E-state index contributed by atoms with van der Waals surface area (Å²) < 4.78 is 0. The van der Waals surface area contributed by atoms with Gasteiger partial charge in [-0.25, -0.2) is 0 Å². The topological polar surface area (TPSA) is 56.0 Å². The lowest BCUT2D eigenvalue weighted by molar-refractivity contribution is 0.192. The Hall–Kier alpha value is -1.73. The minimum Gasteiger partial charge on any atom is -0.387 e. The molecule has 0 amide bonds. The summed E-state index contributed by atoms with van der Waals surface area (Å²) in [5, 5.41) is 23.2. The van der Waals surface area contributed by atoms with Crippen molar-refractivity contribution < 1.29 is 5.11 Å². The number of nitrogens with zero attached hydrogens (tertiary/aromatic N) is 1. The van der Waals surface area contributed by atoms with Gasteiger partial charge in [-0.2, -0.15) is 5.26 Å². The van der Waals surface area contributed by atoms with Crippen LogP contribution in [0.2, 0.25) is 10.0 Å². The molecule has 0 aliphatic carbocycles. The molecule has 0 aliphatic heterocycles. The van der Waals surface area contributed by atoms with E-state index >= 15 is 0 Å². The summed E-state index contributed by atoms with van der Waals surface area (Å²) in [7, 11) is 0. The summed E-state index contributed by atoms with van der Waals surface area (Å²) in [4.78, 5) is 0. The number of hydrogen-bond donors (Lipinski definition) is 2. The molecule has 0 bridgehead atoms. The molecule has 0 saturated heterocycles. The number of rotatable bonds is 4. The van der Waals surface area contributed by atoms with Crippen LogP contribution in [0.1, 0.15) is 17.2 Å². The molecule has 2 aromatic rings. The number of aliphatic hydroxyl groups is 1. The maximum absolute atomic E-state index is 10.1. The SMILES string of the molecule is N#Cc1cc(Cl)ccc1NCC(O)c1ccccc1Cl. The lowest BCUT2D eigenvalue weighted by atomic mass is 10.1. The first-order valence-corrected chi connectivity index (χ1v) is 6.73. The zero-order valence-corrected chi connectivity index (χ0v) is 12.0. The normalized spacial score (nSPS) is 11.7. The molecule has 2 rings (SSSR count). The average molecular weight is 307 g/mol. The van der Waals surface area contributed by atoms with Crippen molar-refractivity contribution in [2.45, 2.75) is 6.10 Å². The molecule has 102 valence electrons. The molecule has 5 heteroatoms. The van der Waals surface area contributed by atoms with E-state index in [0.717, 1.165) is 0 Å². The maximum atomic E-state index is 10.1. The van der Waals surface area contributed by atoms with Crippen molar-refractivity contribution in [3.63, 3.8) is 0 Å². The largest absolute Gasteiger partial charge is 0.387 e. The summed E-state index contributed by atoms with van der Waals surface area (Å²) in [6, 6.07) is 14.1. The van der Waals surface area contributed by atoms with E-state index in [4.69, 9.17) is 28.5 Å². The highest BCUT2D eigenvalue weighted by Gasteiger charge is 2.11. The fourth-order valence-corrected chi connectivity index (χ4v) is 2.26. The van der Waals surface area contributed by atoms with Crippen molar-refractivity contribution in [3.05, 3.63) is 63.6 Å². The Kier molecular flexibility index (Phi) is 4.86. The molecule has 0 aliphatic rings. The van der Waals surface area contributed by atoms with Gasteiger partial charge in [-0.3, -0.25) is 0 Å². The van der Waals surface area contributed by atoms with Crippen molar-refractivity contribution >= 4 is 28.9 Å². The number of aliphatic hydroxyl groups excluding tert-OH is 1. The lowest BCUT2D eigenvalue weighted by Crippen LogP contribution is -2.13. The molecule has 0 aromatic heterocycles.